The van der Waals surface area contributed by atoms with Crippen molar-refractivity contribution in [2.75, 3.05) is 7.11 Å². The van der Waals surface area contributed by atoms with E-state index >= 15 is 0 Å². The molecule has 0 radical (unpaired) electrons. The zero-order valence-corrected chi connectivity index (χ0v) is 20.8. The molecule has 8 heteroatoms. The third-order valence-corrected chi connectivity index (χ3v) is 6.32. The zero-order valence-electron chi connectivity index (χ0n) is 20.8. The number of fused-ring (bicyclic) bond motifs is 1. The fourth-order valence-electron chi connectivity index (χ4n) is 4.50. The van der Waals surface area contributed by atoms with E-state index in [9.17, 15) is 9.59 Å². The summed E-state index contributed by atoms with van der Waals surface area (Å²) in [7, 11) is 1.54. The van der Waals surface area contributed by atoms with Gasteiger partial charge in [-0.15, -0.1) is 0 Å². The standard InChI is InChI=1S/C28H26N4O4/c1-16-10-6-7-11-20(16)26-30-21(19(4)36-26)15-31-27(33)24-17(2)14-18(3)29-25(24)32(28(31)34)22-12-8-9-13-23(22)35-5/h6-14H,15H2,1-5H3. The highest BCUT2D eigenvalue weighted by Gasteiger charge is 2.22. The topological polar surface area (TPSA) is 92.1 Å². The van der Waals surface area contributed by atoms with E-state index in [-0.39, 0.29) is 6.54 Å². The molecule has 0 saturated carbocycles. The van der Waals surface area contributed by atoms with Gasteiger partial charge in [-0.2, -0.15) is 0 Å². The van der Waals surface area contributed by atoms with Crippen LogP contribution in [0.4, 0.5) is 0 Å². The number of nitrogens with zero attached hydrogens (tertiary/aromatic N) is 4. The molecule has 5 rings (SSSR count). The van der Waals surface area contributed by atoms with Crippen LogP contribution in [0.5, 0.6) is 5.75 Å². The average molecular weight is 483 g/mol. The Morgan fingerprint density at radius 2 is 1.64 bits per heavy atom. The molecule has 0 aliphatic heterocycles. The molecule has 0 saturated heterocycles. The first-order chi connectivity index (χ1) is 17.3. The van der Waals surface area contributed by atoms with Crippen LogP contribution in [0.15, 0.2) is 68.6 Å². The number of ether oxygens (including phenoxy) is 1. The zero-order chi connectivity index (χ0) is 25.6. The second kappa shape index (κ2) is 8.96. The van der Waals surface area contributed by atoms with Gasteiger partial charge in [-0.25, -0.2) is 19.3 Å². The van der Waals surface area contributed by atoms with Crippen LogP contribution >= 0.6 is 0 Å². The molecule has 2 aromatic carbocycles. The Labute approximate surface area is 207 Å². The third-order valence-electron chi connectivity index (χ3n) is 6.32. The first-order valence-electron chi connectivity index (χ1n) is 11.6. The SMILES string of the molecule is COc1ccccc1-n1c(=O)n(Cc2nc(-c3ccccc3C)oc2C)c(=O)c2c(C)cc(C)nc21. The fraction of sp³-hybridized carbons (Fsp3) is 0.214. The van der Waals surface area contributed by atoms with Gasteiger partial charge < -0.3 is 9.15 Å². The molecule has 0 N–H and O–H groups in total. The molecular formula is C28H26N4O4. The van der Waals surface area contributed by atoms with Crippen LogP contribution in [-0.2, 0) is 6.54 Å². The Morgan fingerprint density at radius 3 is 2.39 bits per heavy atom. The lowest BCUT2D eigenvalue weighted by molar-refractivity contribution is 0.412. The second-order valence-corrected chi connectivity index (χ2v) is 8.80. The maximum Gasteiger partial charge on any atom is 0.337 e. The number of benzene rings is 2. The van der Waals surface area contributed by atoms with Gasteiger partial charge in [-0.05, 0) is 63.1 Å². The van der Waals surface area contributed by atoms with E-state index < -0.39 is 11.2 Å². The predicted octanol–water partition coefficient (Wildman–Crippen LogP) is 4.49. The molecule has 36 heavy (non-hydrogen) atoms. The predicted molar refractivity (Wildman–Crippen MR) is 138 cm³/mol. The van der Waals surface area contributed by atoms with Crippen LogP contribution < -0.4 is 16.0 Å². The Kier molecular flexibility index (Phi) is 5.80. The summed E-state index contributed by atoms with van der Waals surface area (Å²) in [6, 6.07) is 16.8. The van der Waals surface area contributed by atoms with Crippen LogP contribution in [0, 0.1) is 27.7 Å². The number of pyridine rings is 1. The van der Waals surface area contributed by atoms with E-state index in [1.54, 1.807) is 19.1 Å². The highest BCUT2D eigenvalue weighted by Crippen LogP contribution is 2.26. The quantitative estimate of drug-likeness (QED) is 0.366. The van der Waals surface area contributed by atoms with Crippen molar-refractivity contribution in [3.8, 4) is 22.9 Å². The molecule has 0 amide bonds. The largest absolute Gasteiger partial charge is 0.495 e. The number of hydrogen-bond acceptors (Lipinski definition) is 6. The Morgan fingerprint density at radius 1 is 0.917 bits per heavy atom. The molecule has 3 heterocycles. The molecule has 0 fully saturated rings. The average Bonchev–Trinajstić information content (AvgIpc) is 3.21. The van der Waals surface area contributed by atoms with Crippen molar-refractivity contribution in [1.29, 1.82) is 0 Å². The van der Waals surface area contributed by atoms with Gasteiger partial charge in [0.05, 0.1) is 24.7 Å². The van der Waals surface area contributed by atoms with Crippen molar-refractivity contribution in [2.45, 2.75) is 34.2 Å². The van der Waals surface area contributed by atoms with Gasteiger partial charge in [0.25, 0.3) is 5.56 Å². The molecule has 8 nitrogen and oxygen atoms in total. The second-order valence-electron chi connectivity index (χ2n) is 8.80. The molecule has 0 bridgehead atoms. The lowest BCUT2D eigenvalue weighted by Gasteiger charge is -2.16. The molecule has 3 aromatic heterocycles. The highest BCUT2D eigenvalue weighted by molar-refractivity contribution is 5.80. The number of oxazole rings is 1. The van der Waals surface area contributed by atoms with E-state index in [0.717, 1.165) is 16.7 Å². The van der Waals surface area contributed by atoms with Gasteiger partial charge >= 0.3 is 5.69 Å². The van der Waals surface area contributed by atoms with Gasteiger partial charge in [-0.1, -0.05) is 30.3 Å². The number of rotatable bonds is 5. The highest BCUT2D eigenvalue weighted by atomic mass is 16.5. The summed E-state index contributed by atoms with van der Waals surface area (Å²) in [5, 5.41) is 0.367. The number of hydrogen-bond donors (Lipinski definition) is 0. The van der Waals surface area contributed by atoms with Crippen molar-refractivity contribution in [3.05, 3.63) is 104 Å². The summed E-state index contributed by atoms with van der Waals surface area (Å²) in [5.41, 5.74) is 3.66. The van der Waals surface area contributed by atoms with Crippen molar-refractivity contribution >= 4 is 11.0 Å². The van der Waals surface area contributed by atoms with Crippen molar-refractivity contribution < 1.29 is 9.15 Å². The first kappa shape index (κ1) is 23.3. The maximum absolute atomic E-state index is 13.9. The minimum absolute atomic E-state index is 0.0444. The molecule has 182 valence electrons. The lowest BCUT2D eigenvalue weighted by atomic mass is 10.1. The first-order valence-corrected chi connectivity index (χ1v) is 11.6. The fourth-order valence-corrected chi connectivity index (χ4v) is 4.50. The summed E-state index contributed by atoms with van der Waals surface area (Å²) < 4.78 is 14.1. The van der Waals surface area contributed by atoms with E-state index in [1.165, 1.54) is 16.2 Å². The van der Waals surface area contributed by atoms with Gasteiger partial charge in [0, 0.05) is 11.3 Å². The normalized spacial score (nSPS) is 11.2. The lowest BCUT2D eigenvalue weighted by Crippen LogP contribution is -2.40. The number of methoxy groups -OCH3 is 1. The molecule has 0 aliphatic rings. The van der Waals surface area contributed by atoms with Crippen molar-refractivity contribution in [1.82, 2.24) is 19.1 Å². The number of para-hydroxylation sites is 2. The molecule has 0 atom stereocenters. The molecule has 0 aliphatic carbocycles. The van der Waals surface area contributed by atoms with Crippen molar-refractivity contribution in [3.63, 3.8) is 0 Å². The number of aromatic nitrogens is 4. The van der Waals surface area contributed by atoms with Crippen molar-refractivity contribution in [2.24, 2.45) is 0 Å². The smallest absolute Gasteiger partial charge is 0.337 e. The summed E-state index contributed by atoms with van der Waals surface area (Å²) >= 11 is 0. The van der Waals surface area contributed by atoms with E-state index in [4.69, 9.17) is 9.15 Å². The van der Waals surface area contributed by atoms with Gasteiger partial charge in [0.1, 0.15) is 17.2 Å². The Hall–Kier alpha value is -4.46. The number of aryl methyl sites for hydroxylation is 4. The molecular weight excluding hydrogens is 456 g/mol. The minimum atomic E-state index is -0.533. The van der Waals surface area contributed by atoms with Crippen LogP contribution in [0.25, 0.3) is 28.2 Å². The van der Waals surface area contributed by atoms with Gasteiger partial charge in [0.2, 0.25) is 5.89 Å². The third kappa shape index (κ3) is 3.80. The monoisotopic (exact) mass is 482 g/mol. The van der Waals surface area contributed by atoms with E-state index in [0.29, 0.717) is 45.5 Å². The molecule has 0 unspecified atom stereocenters. The Balaban J connectivity index is 1.77. The van der Waals surface area contributed by atoms with Crippen LogP contribution in [-0.4, -0.2) is 26.2 Å². The van der Waals surface area contributed by atoms with E-state index in [2.05, 4.69) is 9.97 Å². The summed E-state index contributed by atoms with van der Waals surface area (Å²) in [6.45, 7) is 7.40. The van der Waals surface area contributed by atoms with Crippen LogP contribution in [0.3, 0.4) is 0 Å². The molecule has 5 aromatic rings. The Bertz CT molecular complexity index is 1740. The minimum Gasteiger partial charge on any atom is -0.495 e. The summed E-state index contributed by atoms with van der Waals surface area (Å²) in [4.78, 5) is 36.8. The van der Waals surface area contributed by atoms with E-state index in [1.807, 2.05) is 63.2 Å². The molecule has 0 spiro atoms. The van der Waals surface area contributed by atoms with Gasteiger partial charge in [0.15, 0.2) is 5.65 Å². The van der Waals surface area contributed by atoms with Crippen LogP contribution in [0.1, 0.15) is 28.3 Å². The summed E-state index contributed by atoms with van der Waals surface area (Å²) in [5.74, 6) is 1.49. The maximum atomic E-state index is 13.9. The summed E-state index contributed by atoms with van der Waals surface area (Å²) in [6.07, 6.45) is 0. The van der Waals surface area contributed by atoms with Gasteiger partial charge in [-0.3, -0.25) is 9.36 Å². The van der Waals surface area contributed by atoms with Crippen LogP contribution in [0.2, 0.25) is 0 Å².